The van der Waals surface area contributed by atoms with Crippen molar-refractivity contribution in [2.45, 2.75) is 32.2 Å². The van der Waals surface area contributed by atoms with Crippen molar-refractivity contribution >= 4 is 5.91 Å². The molecule has 1 aromatic heterocycles. The maximum atomic E-state index is 12.2. The molecule has 18 heavy (non-hydrogen) atoms. The van der Waals surface area contributed by atoms with Gasteiger partial charge in [-0.05, 0) is 18.1 Å². The number of carbonyl (C=O) groups excluding carboxylic acids is 1. The van der Waals surface area contributed by atoms with Gasteiger partial charge in [-0.3, -0.25) is 9.78 Å². The van der Waals surface area contributed by atoms with E-state index in [0.29, 0.717) is 6.42 Å². The fraction of sp³-hybridized carbons (Fsp3) is 0.571. The van der Waals surface area contributed by atoms with Crippen LogP contribution in [0.3, 0.4) is 0 Å². The van der Waals surface area contributed by atoms with E-state index < -0.39 is 0 Å². The Morgan fingerprint density at radius 2 is 2.50 bits per heavy atom. The number of amides is 1. The lowest BCUT2D eigenvalue weighted by molar-refractivity contribution is -0.134. The minimum Gasteiger partial charge on any atom is -0.333 e. The molecule has 0 spiro atoms. The molecule has 4 heteroatoms. The summed E-state index contributed by atoms with van der Waals surface area (Å²) in [5.41, 5.74) is 1.12. The van der Waals surface area contributed by atoms with Crippen molar-refractivity contribution < 1.29 is 4.79 Å². The zero-order valence-corrected chi connectivity index (χ0v) is 10.9. The normalized spacial score (nSPS) is 19.8. The van der Waals surface area contributed by atoms with Crippen molar-refractivity contribution in [3.63, 3.8) is 0 Å². The second kappa shape index (κ2) is 6.50. The first-order valence-corrected chi connectivity index (χ1v) is 6.73. The number of hydrogen-bond acceptors (Lipinski definition) is 3. The van der Waals surface area contributed by atoms with E-state index in [1.807, 2.05) is 23.2 Å². The van der Waals surface area contributed by atoms with Crippen LogP contribution in [0.1, 0.15) is 37.8 Å². The Labute approximate surface area is 108 Å². The molecule has 4 nitrogen and oxygen atoms in total. The summed E-state index contributed by atoms with van der Waals surface area (Å²) >= 11 is 0. The van der Waals surface area contributed by atoms with Crippen LogP contribution in [0, 0.1) is 0 Å². The van der Waals surface area contributed by atoms with Crippen LogP contribution in [0.15, 0.2) is 24.5 Å². The van der Waals surface area contributed by atoms with Crippen LogP contribution in [0.2, 0.25) is 0 Å². The molecule has 98 valence electrons. The Morgan fingerprint density at radius 1 is 1.61 bits per heavy atom. The topological polar surface area (TPSA) is 45.2 Å². The summed E-state index contributed by atoms with van der Waals surface area (Å²) < 4.78 is 0. The molecule has 2 rings (SSSR count). The lowest BCUT2D eigenvalue weighted by Crippen LogP contribution is -2.48. The second-order valence-corrected chi connectivity index (χ2v) is 4.70. The molecular formula is C14H21N3O. The molecule has 1 aliphatic rings. The van der Waals surface area contributed by atoms with Gasteiger partial charge in [-0.25, -0.2) is 0 Å². The molecule has 1 aromatic rings. The van der Waals surface area contributed by atoms with Crippen molar-refractivity contribution in [2.24, 2.45) is 0 Å². The summed E-state index contributed by atoms with van der Waals surface area (Å²) in [4.78, 5) is 18.4. The smallest absolute Gasteiger partial charge is 0.223 e. The summed E-state index contributed by atoms with van der Waals surface area (Å²) in [6.45, 7) is 4.62. The summed E-state index contributed by atoms with van der Waals surface area (Å²) in [6, 6.07) is 4.11. The van der Waals surface area contributed by atoms with Crippen molar-refractivity contribution in [1.29, 1.82) is 0 Å². The van der Waals surface area contributed by atoms with Gasteiger partial charge in [-0.2, -0.15) is 0 Å². The third-order valence-corrected chi connectivity index (χ3v) is 3.38. The van der Waals surface area contributed by atoms with E-state index in [1.54, 1.807) is 6.20 Å². The van der Waals surface area contributed by atoms with E-state index >= 15 is 0 Å². The SMILES string of the molecule is CCCCC(=O)N1CCNCC1c1cccnc1. The number of piperazine rings is 1. The van der Waals surface area contributed by atoms with Crippen LogP contribution in [-0.2, 0) is 4.79 Å². The minimum atomic E-state index is 0.136. The fourth-order valence-corrected chi connectivity index (χ4v) is 2.35. The zero-order chi connectivity index (χ0) is 12.8. The molecule has 1 atom stereocenters. The van der Waals surface area contributed by atoms with E-state index in [-0.39, 0.29) is 11.9 Å². The van der Waals surface area contributed by atoms with Crippen LogP contribution in [0.4, 0.5) is 0 Å². The highest BCUT2D eigenvalue weighted by atomic mass is 16.2. The largest absolute Gasteiger partial charge is 0.333 e. The molecule has 1 amide bonds. The van der Waals surface area contributed by atoms with Crippen molar-refractivity contribution in [3.05, 3.63) is 30.1 Å². The molecule has 1 aliphatic heterocycles. The van der Waals surface area contributed by atoms with Crippen molar-refractivity contribution in [2.75, 3.05) is 19.6 Å². The highest BCUT2D eigenvalue weighted by Gasteiger charge is 2.27. The standard InChI is InChI=1S/C14H21N3O/c1-2-3-6-14(18)17-9-8-16-11-13(17)12-5-4-7-15-10-12/h4-5,7,10,13,16H,2-3,6,8-9,11H2,1H3. The van der Waals surface area contributed by atoms with Crippen molar-refractivity contribution in [3.8, 4) is 0 Å². The van der Waals surface area contributed by atoms with Gasteiger partial charge >= 0.3 is 0 Å². The van der Waals surface area contributed by atoms with Gasteiger partial charge in [-0.15, -0.1) is 0 Å². The summed E-state index contributed by atoms with van der Waals surface area (Å²) in [5, 5.41) is 3.35. The molecule has 0 aromatic carbocycles. The summed E-state index contributed by atoms with van der Waals surface area (Å²) in [7, 11) is 0. The number of rotatable bonds is 4. The molecule has 1 saturated heterocycles. The van der Waals surface area contributed by atoms with Crippen LogP contribution < -0.4 is 5.32 Å². The van der Waals surface area contributed by atoms with E-state index in [9.17, 15) is 4.79 Å². The molecule has 0 saturated carbocycles. The number of pyridine rings is 1. The number of aromatic nitrogens is 1. The van der Waals surface area contributed by atoms with Crippen LogP contribution in [0.5, 0.6) is 0 Å². The first-order valence-electron chi connectivity index (χ1n) is 6.73. The number of nitrogens with zero attached hydrogens (tertiary/aromatic N) is 2. The van der Waals surface area contributed by atoms with Gasteiger partial charge in [0.25, 0.3) is 0 Å². The third-order valence-electron chi connectivity index (χ3n) is 3.38. The molecule has 1 fully saturated rings. The van der Waals surface area contributed by atoms with E-state index in [4.69, 9.17) is 0 Å². The van der Waals surface area contributed by atoms with Crippen LogP contribution in [-0.4, -0.2) is 35.4 Å². The second-order valence-electron chi connectivity index (χ2n) is 4.70. The molecule has 0 radical (unpaired) electrons. The third kappa shape index (κ3) is 3.07. The lowest BCUT2D eigenvalue weighted by atomic mass is 10.0. The predicted molar refractivity (Wildman–Crippen MR) is 71.1 cm³/mol. The highest BCUT2D eigenvalue weighted by Crippen LogP contribution is 2.22. The molecule has 2 heterocycles. The Kier molecular flexibility index (Phi) is 4.70. The molecular weight excluding hydrogens is 226 g/mol. The Bertz CT molecular complexity index is 380. The lowest BCUT2D eigenvalue weighted by Gasteiger charge is -2.36. The monoisotopic (exact) mass is 247 g/mol. The average molecular weight is 247 g/mol. The maximum Gasteiger partial charge on any atom is 0.223 e. The van der Waals surface area contributed by atoms with Crippen LogP contribution in [0.25, 0.3) is 0 Å². The van der Waals surface area contributed by atoms with E-state index in [0.717, 1.165) is 38.0 Å². The number of hydrogen-bond donors (Lipinski definition) is 1. The first-order chi connectivity index (χ1) is 8.83. The number of nitrogens with one attached hydrogen (secondary N) is 1. The quantitative estimate of drug-likeness (QED) is 0.881. The van der Waals surface area contributed by atoms with Crippen LogP contribution >= 0.6 is 0 Å². The molecule has 0 bridgehead atoms. The van der Waals surface area contributed by atoms with Gasteiger partial charge in [0.2, 0.25) is 5.91 Å². The van der Waals surface area contributed by atoms with Gasteiger partial charge in [0.1, 0.15) is 0 Å². The van der Waals surface area contributed by atoms with E-state index in [2.05, 4.69) is 17.2 Å². The van der Waals surface area contributed by atoms with Gasteiger partial charge in [0.05, 0.1) is 6.04 Å². The molecule has 0 aliphatic carbocycles. The minimum absolute atomic E-state index is 0.136. The zero-order valence-electron chi connectivity index (χ0n) is 10.9. The van der Waals surface area contributed by atoms with Gasteiger partial charge in [0.15, 0.2) is 0 Å². The fourth-order valence-electron chi connectivity index (χ4n) is 2.35. The average Bonchev–Trinajstić information content (AvgIpc) is 2.45. The summed E-state index contributed by atoms with van der Waals surface area (Å²) in [6.07, 6.45) is 6.33. The Balaban J connectivity index is 2.09. The van der Waals surface area contributed by atoms with Gasteiger partial charge in [-0.1, -0.05) is 19.4 Å². The Morgan fingerprint density at radius 3 is 3.22 bits per heavy atom. The number of unbranched alkanes of at least 4 members (excludes halogenated alkanes) is 1. The molecule has 1 unspecified atom stereocenters. The molecule has 1 N–H and O–H groups in total. The Hall–Kier alpha value is -1.42. The maximum absolute atomic E-state index is 12.2. The predicted octanol–water partition coefficient (Wildman–Crippen LogP) is 1.74. The summed E-state index contributed by atoms with van der Waals surface area (Å²) in [5.74, 6) is 0.271. The number of carbonyl (C=O) groups is 1. The first kappa shape index (κ1) is 13.0. The highest BCUT2D eigenvalue weighted by molar-refractivity contribution is 5.76. The van der Waals surface area contributed by atoms with Crippen molar-refractivity contribution in [1.82, 2.24) is 15.2 Å². The van der Waals surface area contributed by atoms with E-state index in [1.165, 1.54) is 0 Å². The van der Waals surface area contributed by atoms with Gasteiger partial charge < -0.3 is 10.2 Å². The van der Waals surface area contributed by atoms with Gasteiger partial charge in [0, 0.05) is 38.4 Å².